The molecule has 2 aromatic carbocycles. The fraction of sp³-hybridized carbons (Fsp3) is 0.0476. The van der Waals surface area contributed by atoms with Gasteiger partial charge in [0.25, 0.3) is 0 Å². The molecule has 6 nitrogen and oxygen atoms in total. The van der Waals surface area contributed by atoms with Crippen LogP contribution in [-0.4, -0.2) is 19.1 Å². The van der Waals surface area contributed by atoms with Crippen molar-refractivity contribution in [2.24, 2.45) is 0 Å². The molecular weight excluding hydrogens is 407 g/mol. The highest BCUT2D eigenvalue weighted by Crippen LogP contribution is 2.29. The lowest BCUT2D eigenvalue weighted by atomic mass is 10.3. The summed E-state index contributed by atoms with van der Waals surface area (Å²) < 4.78 is 3.53. The molecular formula is C21H12Cl2N6. The maximum absolute atomic E-state index is 9.53. The maximum atomic E-state index is 9.53. The van der Waals surface area contributed by atoms with Gasteiger partial charge < -0.3 is 0 Å². The molecule has 0 fully saturated rings. The topological polar surface area (TPSA) is 83.2 Å². The lowest BCUT2D eigenvalue weighted by Crippen LogP contribution is -2.04. The van der Waals surface area contributed by atoms with Crippen LogP contribution in [0.5, 0.6) is 0 Å². The van der Waals surface area contributed by atoms with Crippen molar-refractivity contribution in [3.05, 3.63) is 81.9 Å². The van der Waals surface area contributed by atoms with Crippen LogP contribution < -0.4 is 0 Å². The molecule has 8 heteroatoms. The summed E-state index contributed by atoms with van der Waals surface area (Å²) in [4.78, 5) is 8.93. The second kappa shape index (κ2) is 7.44. The Bertz CT molecular complexity index is 1320. The van der Waals surface area contributed by atoms with Gasteiger partial charge in [-0.3, -0.25) is 9.13 Å². The number of nitrogens with zero attached hydrogens (tertiary/aromatic N) is 6. The molecule has 2 heterocycles. The van der Waals surface area contributed by atoms with E-state index in [9.17, 15) is 10.5 Å². The number of hydrogen-bond acceptors (Lipinski definition) is 4. The number of hydrogen-bond donors (Lipinski definition) is 0. The van der Waals surface area contributed by atoms with Crippen LogP contribution in [0, 0.1) is 29.6 Å². The summed E-state index contributed by atoms with van der Waals surface area (Å²) in [6.07, 6.45) is 1.61. The van der Waals surface area contributed by atoms with Gasteiger partial charge in [-0.1, -0.05) is 35.3 Å². The van der Waals surface area contributed by atoms with Gasteiger partial charge in [-0.2, -0.15) is 10.5 Å². The molecule has 4 aromatic rings. The van der Waals surface area contributed by atoms with Gasteiger partial charge >= 0.3 is 0 Å². The molecule has 0 aliphatic rings. The van der Waals surface area contributed by atoms with Crippen molar-refractivity contribution >= 4 is 23.2 Å². The Morgan fingerprint density at radius 3 is 2.14 bits per heavy atom. The molecule has 29 heavy (non-hydrogen) atoms. The van der Waals surface area contributed by atoms with Crippen LogP contribution in [0.15, 0.2) is 54.7 Å². The Kier molecular flexibility index (Phi) is 4.82. The average Bonchev–Trinajstić information content (AvgIpc) is 3.28. The molecule has 0 radical (unpaired) electrons. The van der Waals surface area contributed by atoms with Crippen LogP contribution in [0.25, 0.3) is 23.0 Å². The first-order chi connectivity index (χ1) is 14.0. The number of halogens is 2. The predicted molar refractivity (Wildman–Crippen MR) is 110 cm³/mol. The minimum Gasteiger partial charge on any atom is -0.296 e. The van der Waals surface area contributed by atoms with Gasteiger partial charge in [-0.05, 0) is 43.3 Å². The Balaban J connectivity index is 2.03. The third kappa shape index (κ3) is 3.36. The zero-order valence-corrected chi connectivity index (χ0v) is 16.6. The Labute approximate surface area is 176 Å². The maximum Gasteiger partial charge on any atom is 0.183 e. The van der Waals surface area contributed by atoms with Crippen LogP contribution in [0.3, 0.4) is 0 Å². The molecule has 140 valence electrons. The molecule has 0 bridgehead atoms. The van der Waals surface area contributed by atoms with Crippen molar-refractivity contribution in [1.82, 2.24) is 19.1 Å². The Morgan fingerprint density at radius 1 is 0.862 bits per heavy atom. The van der Waals surface area contributed by atoms with Crippen LogP contribution >= 0.6 is 23.2 Å². The fourth-order valence-electron chi connectivity index (χ4n) is 3.10. The van der Waals surface area contributed by atoms with Gasteiger partial charge in [0.15, 0.2) is 23.0 Å². The highest BCUT2D eigenvalue weighted by atomic mass is 35.5. The molecule has 0 spiro atoms. The minimum absolute atomic E-state index is 0.219. The second-order valence-corrected chi connectivity index (χ2v) is 7.08. The summed E-state index contributed by atoms with van der Waals surface area (Å²) in [6.45, 7) is 1.80. The SMILES string of the molecule is Cc1c(C#N)nc(-c2nc(C#N)cn2-c2cccc(Cl)c2)n1-c1cccc(Cl)c1. The van der Waals surface area contributed by atoms with E-state index in [1.165, 1.54) is 0 Å². The summed E-state index contributed by atoms with van der Waals surface area (Å²) in [6, 6.07) is 18.6. The van der Waals surface area contributed by atoms with Gasteiger partial charge in [0.1, 0.15) is 12.1 Å². The third-order valence-corrected chi connectivity index (χ3v) is 4.86. The van der Waals surface area contributed by atoms with Crippen molar-refractivity contribution in [3.8, 4) is 35.2 Å². The summed E-state index contributed by atoms with van der Waals surface area (Å²) >= 11 is 12.3. The zero-order valence-electron chi connectivity index (χ0n) is 15.1. The first kappa shape index (κ1) is 18.8. The van der Waals surface area contributed by atoms with Gasteiger partial charge in [0.05, 0.1) is 5.69 Å². The van der Waals surface area contributed by atoms with E-state index in [0.717, 1.165) is 11.4 Å². The molecule has 0 N–H and O–H groups in total. The normalized spacial score (nSPS) is 10.5. The van der Waals surface area contributed by atoms with Gasteiger partial charge in [-0.25, -0.2) is 9.97 Å². The predicted octanol–water partition coefficient (Wildman–Crippen LogP) is 5.08. The highest BCUT2D eigenvalue weighted by Gasteiger charge is 2.22. The largest absolute Gasteiger partial charge is 0.296 e. The third-order valence-electron chi connectivity index (χ3n) is 4.39. The number of aromatic nitrogens is 4. The van der Waals surface area contributed by atoms with Crippen LogP contribution in [-0.2, 0) is 0 Å². The molecule has 0 unspecified atom stereocenters. The van der Waals surface area contributed by atoms with Gasteiger partial charge in [0.2, 0.25) is 0 Å². The summed E-state index contributed by atoms with van der Waals surface area (Å²) in [5.41, 5.74) is 2.58. The zero-order chi connectivity index (χ0) is 20.5. The van der Waals surface area contributed by atoms with Crippen molar-refractivity contribution in [1.29, 1.82) is 10.5 Å². The molecule has 0 aliphatic heterocycles. The molecule has 0 saturated carbocycles. The van der Waals surface area contributed by atoms with E-state index in [4.69, 9.17) is 23.2 Å². The molecule has 0 amide bonds. The molecule has 4 rings (SSSR count). The van der Waals surface area contributed by atoms with E-state index in [0.29, 0.717) is 27.4 Å². The van der Waals surface area contributed by atoms with Crippen LogP contribution in [0.4, 0.5) is 0 Å². The summed E-state index contributed by atoms with van der Waals surface area (Å²) in [7, 11) is 0. The van der Waals surface area contributed by atoms with E-state index in [2.05, 4.69) is 22.1 Å². The van der Waals surface area contributed by atoms with E-state index < -0.39 is 0 Å². The monoisotopic (exact) mass is 418 g/mol. The smallest absolute Gasteiger partial charge is 0.183 e. The van der Waals surface area contributed by atoms with Gasteiger partial charge in [-0.15, -0.1) is 0 Å². The van der Waals surface area contributed by atoms with E-state index >= 15 is 0 Å². The van der Waals surface area contributed by atoms with Crippen molar-refractivity contribution < 1.29 is 0 Å². The number of benzene rings is 2. The minimum atomic E-state index is 0.219. The van der Waals surface area contributed by atoms with Crippen molar-refractivity contribution in [3.63, 3.8) is 0 Å². The Morgan fingerprint density at radius 2 is 1.52 bits per heavy atom. The second-order valence-electron chi connectivity index (χ2n) is 6.21. The first-order valence-electron chi connectivity index (χ1n) is 8.53. The standard InChI is InChI=1S/C21H12Cl2N6/c1-13-19(11-25)27-21(29(13)18-7-3-5-15(23)9-18)20-26-16(10-24)12-28(20)17-6-2-4-14(22)8-17/h2-9,12H,1H3. The molecule has 2 aromatic heterocycles. The Hall–Kier alpha value is -3.58. The number of rotatable bonds is 3. The van der Waals surface area contributed by atoms with E-state index in [-0.39, 0.29) is 11.4 Å². The van der Waals surface area contributed by atoms with Crippen molar-refractivity contribution in [2.45, 2.75) is 6.92 Å². The number of nitriles is 2. The van der Waals surface area contributed by atoms with E-state index in [1.54, 1.807) is 46.5 Å². The molecule has 0 aliphatic carbocycles. The lowest BCUT2D eigenvalue weighted by Gasteiger charge is -2.12. The van der Waals surface area contributed by atoms with Crippen molar-refractivity contribution in [2.75, 3.05) is 0 Å². The number of imidazole rings is 2. The van der Waals surface area contributed by atoms with Crippen LogP contribution in [0.1, 0.15) is 17.1 Å². The highest BCUT2D eigenvalue weighted by molar-refractivity contribution is 6.31. The summed E-state index contributed by atoms with van der Waals surface area (Å²) in [5.74, 6) is 0.830. The fourth-order valence-corrected chi connectivity index (χ4v) is 3.47. The van der Waals surface area contributed by atoms with E-state index in [1.807, 2.05) is 24.3 Å². The van der Waals surface area contributed by atoms with Crippen LogP contribution in [0.2, 0.25) is 10.0 Å². The van der Waals surface area contributed by atoms with Gasteiger partial charge in [0, 0.05) is 27.6 Å². The molecule has 0 saturated heterocycles. The average molecular weight is 419 g/mol. The summed E-state index contributed by atoms with van der Waals surface area (Å²) in [5, 5.41) is 20.0. The first-order valence-corrected chi connectivity index (χ1v) is 9.28. The molecule has 0 atom stereocenters. The quantitative estimate of drug-likeness (QED) is 0.464. The lowest BCUT2D eigenvalue weighted by molar-refractivity contribution is 0.964.